The fraction of sp³-hybridized carbons (Fsp3) is 0.682. The summed E-state index contributed by atoms with van der Waals surface area (Å²) in [7, 11) is 4.71. The minimum Gasteiger partial charge on any atom is -0.493 e. The lowest BCUT2D eigenvalue weighted by atomic mass is 9.92. The molecule has 29 heavy (non-hydrogen) atoms. The molecule has 2 rings (SSSR count). The number of hydrogen-bond donors (Lipinski definition) is 1. The highest BCUT2D eigenvalue weighted by molar-refractivity contribution is 5.80. The fourth-order valence-corrected chi connectivity index (χ4v) is 4.09. The summed E-state index contributed by atoms with van der Waals surface area (Å²) in [4.78, 5) is 15.2. The van der Waals surface area contributed by atoms with Gasteiger partial charge in [0.25, 0.3) is 0 Å². The Morgan fingerprint density at radius 2 is 1.72 bits per heavy atom. The van der Waals surface area contributed by atoms with Crippen LogP contribution < -0.4 is 19.5 Å². The molecule has 1 atom stereocenters. The summed E-state index contributed by atoms with van der Waals surface area (Å²) in [5.74, 6) is 2.13. The van der Waals surface area contributed by atoms with E-state index in [9.17, 15) is 4.79 Å². The fourth-order valence-electron chi connectivity index (χ4n) is 4.09. The van der Waals surface area contributed by atoms with Crippen LogP contribution in [0.25, 0.3) is 0 Å². The van der Waals surface area contributed by atoms with Gasteiger partial charge in [0.1, 0.15) is 0 Å². The largest absolute Gasteiger partial charge is 0.493 e. The van der Waals surface area contributed by atoms with Gasteiger partial charge in [0.15, 0.2) is 11.5 Å². The number of methoxy groups -OCH3 is 3. The Bertz CT molecular complexity index is 642. The van der Waals surface area contributed by atoms with Crippen molar-refractivity contribution in [3.63, 3.8) is 0 Å². The number of morpholine rings is 1. The summed E-state index contributed by atoms with van der Waals surface area (Å²) >= 11 is 0. The van der Waals surface area contributed by atoms with Crippen LogP contribution in [0.5, 0.6) is 17.2 Å². The average molecular weight is 409 g/mol. The molecule has 1 saturated heterocycles. The Morgan fingerprint density at radius 1 is 1.07 bits per heavy atom. The number of benzene rings is 1. The third-order valence-electron chi connectivity index (χ3n) is 5.75. The van der Waals surface area contributed by atoms with Crippen molar-refractivity contribution in [3.8, 4) is 17.2 Å². The molecular weight excluding hydrogens is 372 g/mol. The molecule has 1 aromatic carbocycles. The summed E-state index contributed by atoms with van der Waals surface area (Å²) in [5.41, 5.74) is 0.771. The van der Waals surface area contributed by atoms with E-state index in [2.05, 4.69) is 24.1 Å². The van der Waals surface area contributed by atoms with Crippen LogP contribution in [0.4, 0.5) is 0 Å². The number of nitrogens with one attached hydrogen (secondary N) is 1. The van der Waals surface area contributed by atoms with E-state index in [-0.39, 0.29) is 12.3 Å². The standard InChI is InChI=1S/C22H36N2O5/c1-6-16(7-2)18(24-10-12-29-13-11-24)15-23-20(25)14-17-8-9-19(26-3)22(28-5)21(17)27-4/h8-9,16,18H,6-7,10-15H2,1-5H3,(H,23,25)/t18-/m1/s1. The van der Waals surface area contributed by atoms with Crippen LogP contribution in [0.1, 0.15) is 32.3 Å². The second kappa shape index (κ2) is 11.9. The first-order chi connectivity index (χ1) is 14.1. The molecule has 0 saturated carbocycles. The van der Waals surface area contributed by atoms with Crippen molar-refractivity contribution in [2.75, 3.05) is 54.2 Å². The van der Waals surface area contributed by atoms with Gasteiger partial charge in [0.05, 0.1) is 41.0 Å². The van der Waals surface area contributed by atoms with Gasteiger partial charge in [-0.3, -0.25) is 9.69 Å². The summed E-state index contributed by atoms with van der Waals surface area (Å²) in [6, 6.07) is 3.97. The number of carbonyl (C=O) groups excluding carboxylic acids is 1. The molecule has 7 heteroatoms. The second-order valence-corrected chi connectivity index (χ2v) is 7.27. The van der Waals surface area contributed by atoms with E-state index < -0.39 is 0 Å². The topological polar surface area (TPSA) is 69.3 Å². The zero-order chi connectivity index (χ0) is 21.2. The van der Waals surface area contributed by atoms with E-state index in [1.54, 1.807) is 27.4 Å². The summed E-state index contributed by atoms with van der Waals surface area (Å²) in [5, 5.41) is 3.15. The van der Waals surface area contributed by atoms with Crippen molar-refractivity contribution >= 4 is 5.91 Å². The molecule has 0 bridgehead atoms. The zero-order valence-corrected chi connectivity index (χ0v) is 18.5. The number of hydrogen-bond acceptors (Lipinski definition) is 6. The van der Waals surface area contributed by atoms with E-state index in [0.29, 0.717) is 35.8 Å². The van der Waals surface area contributed by atoms with Gasteiger partial charge in [-0.25, -0.2) is 0 Å². The van der Waals surface area contributed by atoms with Crippen molar-refractivity contribution in [2.24, 2.45) is 5.92 Å². The smallest absolute Gasteiger partial charge is 0.224 e. The van der Waals surface area contributed by atoms with Gasteiger partial charge in [0.2, 0.25) is 11.7 Å². The zero-order valence-electron chi connectivity index (χ0n) is 18.5. The van der Waals surface area contributed by atoms with E-state index >= 15 is 0 Å². The molecule has 7 nitrogen and oxygen atoms in total. The van der Waals surface area contributed by atoms with Gasteiger partial charge >= 0.3 is 0 Å². The van der Waals surface area contributed by atoms with E-state index in [4.69, 9.17) is 18.9 Å². The van der Waals surface area contributed by atoms with Crippen molar-refractivity contribution in [2.45, 2.75) is 39.2 Å². The van der Waals surface area contributed by atoms with Crippen LogP contribution >= 0.6 is 0 Å². The summed E-state index contributed by atoms with van der Waals surface area (Å²) in [6.45, 7) is 8.43. The first-order valence-electron chi connectivity index (χ1n) is 10.5. The maximum absolute atomic E-state index is 12.7. The Hall–Kier alpha value is -1.99. The van der Waals surface area contributed by atoms with Crippen molar-refractivity contribution in [3.05, 3.63) is 17.7 Å². The number of rotatable bonds is 11. The molecule has 1 aromatic rings. The monoisotopic (exact) mass is 408 g/mol. The minimum absolute atomic E-state index is 0.0280. The quantitative estimate of drug-likeness (QED) is 0.607. The molecule has 0 radical (unpaired) electrons. The number of carbonyl (C=O) groups is 1. The van der Waals surface area contributed by atoms with E-state index in [1.165, 1.54) is 0 Å². The molecule has 0 aromatic heterocycles. The van der Waals surface area contributed by atoms with Crippen molar-refractivity contribution in [1.82, 2.24) is 10.2 Å². The number of nitrogens with zero attached hydrogens (tertiary/aromatic N) is 1. The van der Waals surface area contributed by atoms with Crippen LogP contribution in [-0.4, -0.2) is 71.0 Å². The molecule has 0 spiro atoms. The molecule has 1 N–H and O–H groups in total. The van der Waals surface area contributed by atoms with Crippen molar-refractivity contribution < 1.29 is 23.7 Å². The lowest BCUT2D eigenvalue weighted by Crippen LogP contribution is -2.52. The molecule has 1 fully saturated rings. The van der Waals surface area contributed by atoms with Crippen LogP contribution in [0.3, 0.4) is 0 Å². The van der Waals surface area contributed by atoms with Crippen molar-refractivity contribution in [1.29, 1.82) is 0 Å². The van der Waals surface area contributed by atoms with Gasteiger partial charge in [-0.05, 0) is 12.0 Å². The summed E-state index contributed by atoms with van der Waals surface area (Å²) < 4.78 is 21.7. The van der Waals surface area contributed by atoms with Crippen LogP contribution in [-0.2, 0) is 16.0 Å². The SMILES string of the molecule is CCC(CC)[C@@H](CNC(=O)Cc1ccc(OC)c(OC)c1OC)N1CCOCC1. The lowest BCUT2D eigenvalue weighted by Gasteiger charge is -2.38. The van der Waals surface area contributed by atoms with E-state index in [0.717, 1.165) is 44.7 Å². The number of ether oxygens (including phenoxy) is 4. The van der Waals surface area contributed by atoms with Crippen LogP contribution in [0.2, 0.25) is 0 Å². The third kappa shape index (κ3) is 6.00. The minimum atomic E-state index is -0.0280. The Labute approximate surface area is 174 Å². The Kier molecular flexibility index (Phi) is 9.54. The van der Waals surface area contributed by atoms with Crippen LogP contribution in [0, 0.1) is 5.92 Å². The highest BCUT2D eigenvalue weighted by atomic mass is 16.5. The van der Waals surface area contributed by atoms with Gasteiger partial charge < -0.3 is 24.3 Å². The number of amides is 1. The highest BCUT2D eigenvalue weighted by Gasteiger charge is 2.27. The summed E-state index contributed by atoms with van der Waals surface area (Å²) in [6.07, 6.45) is 2.41. The predicted octanol–water partition coefficient (Wildman–Crippen LogP) is 2.51. The predicted molar refractivity (Wildman–Crippen MR) is 113 cm³/mol. The molecule has 1 amide bonds. The molecule has 1 aliphatic heterocycles. The lowest BCUT2D eigenvalue weighted by molar-refractivity contribution is -0.121. The van der Waals surface area contributed by atoms with Gasteiger partial charge in [0, 0.05) is 31.2 Å². The van der Waals surface area contributed by atoms with Crippen LogP contribution in [0.15, 0.2) is 12.1 Å². The van der Waals surface area contributed by atoms with Gasteiger partial charge in [-0.2, -0.15) is 0 Å². The molecular formula is C22H36N2O5. The molecule has 164 valence electrons. The molecule has 0 unspecified atom stereocenters. The first-order valence-corrected chi connectivity index (χ1v) is 10.5. The maximum atomic E-state index is 12.7. The molecule has 0 aliphatic carbocycles. The van der Waals surface area contributed by atoms with Gasteiger partial charge in [-0.1, -0.05) is 32.8 Å². The molecule has 1 heterocycles. The molecule has 1 aliphatic rings. The first kappa shape index (κ1) is 23.3. The third-order valence-corrected chi connectivity index (χ3v) is 5.75. The Morgan fingerprint density at radius 3 is 2.28 bits per heavy atom. The maximum Gasteiger partial charge on any atom is 0.224 e. The highest BCUT2D eigenvalue weighted by Crippen LogP contribution is 2.39. The van der Waals surface area contributed by atoms with E-state index in [1.807, 2.05) is 6.07 Å². The second-order valence-electron chi connectivity index (χ2n) is 7.27. The Balaban J connectivity index is 2.06. The van der Waals surface area contributed by atoms with Gasteiger partial charge in [-0.15, -0.1) is 0 Å². The normalized spacial score (nSPS) is 15.8. The average Bonchev–Trinajstić information content (AvgIpc) is 2.76.